The van der Waals surface area contributed by atoms with Crippen LogP contribution in [0, 0.1) is 10.8 Å². The number of rotatable bonds is 6. The van der Waals surface area contributed by atoms with Gasteiger partial charge in [0.05, 0.1) is 0 Å². The molecule has 2 aromatic carbocycles. The molecule has 3 rings (SSSR count). The predicted molar refractivity (Wildman–Crippen MR) is 130 cm³/mol. The standard InChI is InChI=1S/C27H34N2O5/c1-26(2,3)21(23(30)28-22(24(31)32)27(4,5)6)29-25(33)34-15-20-18-13-9-7-11-16(18)17-12-8-10-14-19(17)20/h7-14,20-22H,15H2,1-6H3,(H,28,30)(H,29,33)(H,31,32)/t21-,22-/m0/s1. The number of fused-ring (bicyclic) bond motifs is 3. The van der Waals surface area contributed by atoms with E-state index in [0.29, 0.717) is 0 Å². The van der Waals surface area contributed by atoms with Crippen molar-refractivity contribution in [2.24, 2.45) is 10.8 Å². The van der Waals surface area contributed by atoms with E-state index in [0.717, 1.165) is 22.3 Å². The Hall–Kier alpha value is -3.35. The summed E-state index contributed by atoms with van der Waals surface area (Å²) in [5.74, 6) is -1.80. The number of carbonyl (C=O) groups is 3. The molecule has 0 fully saturated rings. The molecule has 0 heterocycles. The molecule has 1 aliphatic rings. The van der Waals surface area contributed by atoms with Crippen molar-refractivity contribution in [3.8, 4) is 11.1 Å². The molecule has 7 nitrogen and oxygen atoms in total. The fourth-order valence-corrected chi connectivity index (χ4v) is 4.31. The van der Waals surface area contributed by atoms with Crippen molar-refractivity contribution in [1.82, 2.24) is 10.6 Å². The molecule has 0 bridgehead atoms. The lowest BCUT2D eigenvalue weighted by atomic mass is 9.83. The Bertz CT molecular complexity index is 1040. The van der Waals surface area contributed by atoms with E-state index in [1.807, 2.05) is 36.4 Å². The van der Waals surface area contributed by atoms with Gasteiger partial charge in [-0.1, -0.05) is 90.1 Å². The predicted octanol–water partition coefficient (Wildman–Crippen LogP) is 4.56. The summed E-state index contributed by atoms with van der Waals surface area (Å²) in [7, 11) is 0. The topological polar surface area (TPSA) is 105 Å². The first-order valence-electron chi connectivity index (χ1n) is 11.5. The second-order valence-corrected chi connectivity index (χ2v) is 10.9. The van der Waals surface area contributed by atoms with Crippen LogP contribution in [0.5, 0.6) is 0 Å². The third kappa shape index (κ3) is 5.41. The molecule has 0 aliphatic heterocycles. The van der Waals surface area contributed by atoms with E-state index in [9.17, 15) is 19.5 Å². The first-order valence-corrected chi connectivity index (χ1v) is 11.5. The van der Waals surface area contributed by atoms with E-state index in [2.05, 4.69) is 22.8 Å². The Morgan fingerprint density at radius 1 is 0.824 bits per heavy atom. The molecule has 7 heteroatoms. The maximum Gasteiger partial charge on any atom is 0.407 e. The highest BCUT2D eigenvalue weighted by atomic mass is 16.5. The number of amides is 2. The van der Waals surface area contributed by atoms with Crippen molar-refractivity contribution < 1.29 is 24.2 Å². The van der Waals surface area contributed by atoms with Crippen LogP contribution >= 0.6 is 0 Å². The van der Waals surface area contributed by atoms with E-state index in [-0.39, 0.29) is 12.5 Å². The van der Waals surface area contributed by atoms with Gasteiger partial charge in [0.2, 0.25) is 5.91 Å². The normalized spacial score (nSPS) is 15.0. The molecule has 0 spiro atoms. The molecular formula is C27H34N2O5. The van der Waals surface area contributed by atoms with Gasteiger partial charge in [-0.15, -0.1) is 0 Å². The average molecular weight is 467 g/mol. The fraction of sp³-hybridized carbons (Fsp3) is 0.444. The minimum atomic E-state index is -1.13. The largest absolute Gasteiger partial charge is 0.480 e. The molecule has 2 aromatic rings. The number of hydrogen-bond donors (Lipinski definition) is 3. The van der Waals surface area contributed by atoms with Crippen LogP contribution in [0.15, 0.2) is 48.5 Å². The van der Waals surface area contributed by atoms with Crippen LogP contribution in [0.1, 0.15) is 58.6 Å². The third-order valence-corrected chi connectivity index (χ3v) is 6.13. The smallest absolute Gasteiger partial charge is 0.407 e. The van der Waals surface area contributed by atoms with Crippen LogP contribution < -0.4 is 10.6 Å². The number of ether oxygens (including phenoxy) is 1. The van der Waals surface area contributed by atoms with Gasteiger partial charge in [0.15, 0.2) is 0 Å². The Morgan fingerprint density at radius 2 is 1.29 bits per heavy atom. The lowest BCUT2D eigenvalue weighted by Gasteiger charge is -2.34. The van der Waals surface area contributed by atoms with E-state index in [4.69, 9.17) is 4.74 Å². The molecule has 1 aliphatic carbocycles. The molecule has 0 unspecified atom stereocenters. The maximum absolute atomic E-state index is 13.0. The summed E-state index contributed by atoms with van der Waals surface area (Å²) in [6.45, 7) is 10.7. The van der Waals surface area contributed by atoms with Crippen molar-refractivity contribution in [2.75, 3.05) is 6.61 Å². The van der Waals surface area contributed by atoms with Gasteiger partial charge >= 0.3 is 12.1 Å². The van der Waals surface area contributed by atoms with Crippen molar-refractivity contribution in [3.05, 3.63) is 59.7 Å². The van der Waals surface area contributed by atoms with Crippen LogP contribution in [-0.4, -0.2) is 41.8 Å². The van der Waals surface area contributed by atoms with Crippen molar-refractivity contribution in [2.45, 2.75) is 59.5 Å². The SMILES string of the molecule is CC(C)(C)[C@@H](NC(=O)[C@H](NC(=O)OCC1c2ccccc2-c2ccccc21)C(C)(C)C)C(=O)O. The first kappa shape index (κ1) is 25.3. The summed E-state index contributed by atoms with van der Waals surface area (Å²) >= 11 is 0. The Balaban J connectivity index is 1.72. The molecule has 2 amide bonds. The maximum atomic E-state index is 13.0. The van der Waals surface area contributed by atoms with E-state index >= 15 is 0 Å². The highest BCUT2D eigenvalue weighted by Crippen LogP contribution is 2.44. The van der Waals surface area contributed by atoms with Gasteiger partial charge < -0.3 is 20.5 Å². The van der Waals surface area contributed by atoms with E-state index in [1.165, 1.54) is 0 Å². The van der Waals surface area contributed by atoms with E-state index < -0.39 is 40.9 Å². The summed E-state index contributed by atoms with van der Waals surface area (Å²) in [6, 6.07) is 14.0. The van der Waals surface area contributed by atoms with Gasteiger partial charge in [-0.05, 0) is 33.1 Å². The summed E-state index contributed by atoms with van der Waals surface area (Å²) < 4.78 is 5.59. The molecule has 182 valence electrons. The monoisotopic (exact) mass is 466 g/mol. The molecule has 34 heavy (non-hydrogen) atoms. The van der Waals surface area contributed by atoms with Gasteiger partial charge in [-0.2, -0.15) is 0 Å². The fourth-order valence-electron chi connectivity index (χ4n) is 4.31. The van der Waals surface area contributed by atoms with Crippen LogP contribution in [0.3, 0.4) is 0 Å². The summed E-state index contributed by atoms with van der Waals surface area (Å²) in [4.78, 5) is 37.5. The summed E-state index contributed by atoms with van der Waals surface area (Å²) in [5.41, 5.74) is 3.07. The number of benzene rings is 2. The van der Waals surface area contributed by atoms with Crippen LogP contribution in [0.2, 0.25) is 0 Å². The molecular weight excluding hydrogens is 432 g/mol. The zero-order chi connectivity index (χ0) is 25.3. The third-order valence-electron chi connectivity index (χ3n) is 6.13. The number of carbonyl (C=O) groups excluding carboxylic acids is 2. The second-order valence-electron chi connectivity index (χ2n) is 10.9. The minimum absolute atomic E-state index is 0.0997. The zero-order valence-corrected chi connectivity index (χ0v) is 20.6. The molecule has 0 aromatic heterocycles. The number of aliphatic carboxylic acids is 1. The van der Waals surface area contributed by atoms with Crippen LogP contribution in [0.25, 0.3) is 11.1 Å². The van der Waals surface area contributed by atoms with Crippen molar-refractivity contribution >= 4 is 18.0 Å². The number of alkyl carbamates (subject to hydrolysis) is 1. The minimum Gasteiger partial charge on any atom is -0.480 e. The Kier molecular flexibility index (Phi) is 7.05. The first-order chi connectivity index (χ1) is 15.8. The average Bonchev–Trinajstić information content (AvgIpc) is 3.06. The summed E-state index contributed by atoms with van der Waals surface area (Å²) in [6.07, 6.45) is -0.723. The number of nitrogens with one attached hydrogen (secondary N) is 2. The van der Waals surface area contributed by atoms with Gasteiger partial charge in [0.25, 0.3) is 0 Å². The number of hydrogen-bond acceptors (Lipinski definition) is 4. The molecule has 2 atom stereocenters. The zero-order valence-electron chi connectivity index (χ0n) is 20.6. The summed E-state index contributed by atoms with van der Waals surface area (Å²) in [5, 5.41) is 14.8. The highest BCUT2D eigenvalue weighted by Gasteiger charge is 2.39. The van der Waals surface area contributed by atoms with Crippen LogP contribution in [0.4, 0.5) is 4.79 Å². The van der Waals surface area contributed by atoms with Crippen molar-refractivity contribution in [1.29, 1.82) is 0 Å². The van der Waals surface area contributed by atoms with Gasteiger partial charge in [0.1, 0.15) is 18.7 Å². The number of carboxylic acids is 1. The number of carboxylic acid groups (broad SMARTS) is 1. The van der Waals surface area contributed by atoms with Gasteiger partial charge in [-0.25, -0.2) is 9.59 Å². The van der Waals surface area contributed by atoms with Crippen LogP contribution in [-0.2, 0) is 14.3 Å². The van der Waals surface area contributed by atoms with Gasteiger partial charge in [-0.3, -0.25) is 4.79 Å². The van der Waals surface area contributed by atoms with E-state index in [1.54, 1.807) is 41.5 Å². The Morgan fingerprint density at radius 3 is 1.74 bits per heavy atom. The lowest BCUT2D eigenvalue weighted by Crippen LogP contribution is -2.59. The van der Waals surface area contributed by atoms with Crippen molar-refractivity contribution in [3.63, 3.8) is 0 Å². The molecule has 0 radical (unpaired) electrons. The lowest BCUT2D eigenvalue weighted by molar-refractivity contribution is -0.145. The molecule has 3 N–H and O–H groups in total. The Labute approximate surface area is 200 Å². The quantitative estimate of drug-likeness (QED) is 0.579. The molecule has 0 saturated carbocycles. The second kappa shape index (κ2) is 9.49. The van der Waals surface area contributed by atoms with Gasteiger partial charge in [0, 0.05) is 5.92 Å². The molecule has 0 saturated heterocycles. The highest BCUT2D eigenvalue weighted by molar-refractivity contribution is 5.90.